The number of benzene rings is 2. The number of nitrogens with zero attached hydrogens (tertiary/aromatic N) is 2. The molecule has 6 amide bonds. The van der Waals surface area contributed by atoms with Crippen molar-refractivity contribution >= 4 is 47.1 Å². The second-order valence-corrected chi connectivity index (χ2v) is 9.90. The molecule has 14 heteroatoms. The first-order chi connectivity index (χ1) is 19.7. The number of likely N-dealkylation sites (tertiary alicyclic amines) is 1. The van der Waals surface area contributed by atoms with Crippen LogP contribution in [-0.2, 0) is 32.3 Å². The summed E-state index contributed by atoms with van der Waals surface area (Å²) in [7, 11) is 1.44. The number of halogens is 1. The molecule has 0 aromatic heterocycles. The van der Waals surface area contributed by atoms with E-state index in [9.17, 15) is 24.0 Å². The Balaban J connectivity index is 1.32. The summed E-state index contributed by atoms with van der Waals surface area (Å²) in [5.74, 6) is -1.42. The summed E-state index contributed by atoms with van der Waals surface area (Å²) in [4.78, 5) is 69.9. The molecule has 0 bridgehead atoms. The number of amides is 6. The smallest absolute Gasteiger partial charge is 0.408 e. The molecule has 13 nitrogen and oxygen atoms in total. The summed E-state index contributed by atoms with van der Waals surface area (Å²) in [5, 5.41) is 8.50. The molecule has 0 saturated carbocycles. The predicted molar refractivity (Wildman–Crippen MR) is 148 cm³/mol. The molecule has 2 heterocycles. The van der Waals surface area contributed by atoms with E-state index in [0.717, 1.165) is 16.0 Å². The first kappa shape index (κ1) is 29.8. The number of hydrogen-bond donors (Lipinski definition) is 4. The zero-order valence-electron chi connectivity index (χ0n) is 22.6. The van der Waals surface area contributed by atoms with Gasteiger partial charge in [-0.15, -0.1) is 0 Å². The molecular formula is C27H31ClN6O7. The maximum absolute atomic E-state index is 13.2. The van der Waals surface area contributed by atoms with Crippen molar-refractivity contribution < 1.29 is 33.5 Å². The second-order valence-electron chi connectivity index (χ2n) is 9.50. The molecule has 2 aromatic carbocycles. The van der Waals surface area contributed by atoms with Gasteiger partial charge in [-0.1, -0.05) is 29.8 Å². The highest BCUT2D eigenvalue weighted by molar-refractivity contribution is 6.31. The Labute approximate surface area is 241 Å². The summed E-state index contributed by atoms with van der Waals surface area (Å²) >= 11 is 6.11. The predicted octanol–water partition coefficient (Wildman–Crippen LogP) is 2.28. The molecule has 2 aliphatic rings. The van der Waals surface area contributed by atoms with Crippen LogP contribution in [0.4, 0.5) is 15.3 Å². The number of carbonyl (C=O) groups is 5. The van der Waals surface area contributed by atoms with Gasteiger partial charge in [0, 0.05) is 48.9 Å². The van der Waals surface area contributed by atoms with E-state index in [0.29, 0.717) is 28.4 Å². The lowest BCUT2D eigenvalue weighted by molar-refractivity contribution is -0.156. The second kappa shape index (κ2) is 13.4. The van der Waals surface area contributed by atoms with Crippen molar-refractivity contribution in [2.45, 2.75) is 38.9 Å². The van der Waals surface area contributed by atoms with E-state index in [2.05, 4.69) is 26.3 Å². The normalized spacial score (nSPS) is 16.5. The molecular weight excluding hydrogens is 556 g/mol. The van der Waals surface area contributed by atoms with E-state index in [-0.39, 0.29) is 38.4 Å². The largest absolute Gasteiger partial charge is 0.428 e. The van der Waals surface area contributed by atoms with Gasteiger partial charge >= 0.3 is 12.1 Å². The van der Waals surface area contributed by atoms with Gasteiger partial charge in [0.2, 0.25) is 5.91 Å². The topological polar surface area (TPSA) is 158 Å². The summed E-state index contributed by atoms with van der Waals surface area (Å²) in [5.41, 5.74) is 5.93. The number of imide groups is 1. The first-order valence-electron chi connectivity index (χ1n) is 12.9. The number of piperidine rings is 1. The minimum Gasteiger partial charge on any atom is -0.428 e. The fourth-order valence-corrected chi connectivity index (χ4v) is 4.71. The number of alkyl carbamates (subject to hydrolysis) is 1. The summed E-state index contributed by atoms with van der Waals surface area (Å²) in [6.45, 7) is 2.23. The Bertz CT molecular complexity index is 1350. The standard InChI is InChI=1S/C27H31ClN6O7/c1-16-3-5-19(12-21(16)28)32-26(38)30-13-17-4-6-20-18(11-17)14-33(24(20)36)22-7-8-23(35)34(25(22)37)15-41-27(39)29-9-10-31-40-2/h3-6,11-12,22,31H,7-10,13-15H2,1-2H3,(H,29,39)(H2,30,32,38). The average molecular weight is 587 g/mol. The third kappa shape index (κ3) is 7.31. The molecule has 0 spiro atoms. The third-order valence-electron chi connectivity index (χ3n) is 6.71. The number of ether oxygens (including phenoxy) is 1. The number of urea groups is 1. The van der Waals surface area contributed by atoms with Crippen LogP contribution < -0.4 is 21.4 Å². The van der Waals surface area contributed by atoms with Crippen molar-refractivity contribution in [3.05, 3.63) is 63.7 Å². The minimum atomic E-state index is -0.876. The van der Waals surface area contributed by atoms with Crippen molar-refractivity contribution in [2.75, 3.05) is 32.2 Å². The van der Waals surface area contributed by atoms with Crippen LogP contribution in [0, 0.1) is 6.92 Å². The van der Waals surface area contributed by atoms with Crippen LogP contribution in [0.2, 0.25) is 5.02 Å². The summed E-state index contributed by atoms with van der Waals surface area (Å²) in [6, 6.07) is 9.13. The minimum absolute atomic E-state index is 0.0236. The van der Waals surface area contributed by atoms with E-state index in [4.69, 9.17) is 16.3 Å². The zero-order valence-corrected chi connectivity index (χ0v) is 23.4. The van der Waals surface area contributed by atoms with Crippen molar-refractivity contribution in [3.63, 3.8) is 0 Å². The van der Waals surface area contributed by atoms with E-state index >= 15 is 0 Å². The molecule has 41 heavy (non-hydrogen) atoms. The van der Waals surface area contributed by atoms with E-state index in [1.54, 1.807) is 36.4 Å². The molecule has 218 valence electrons. The maximum atomic E-state index is 13.2. The van der Waals surface area contributed by atoms with Crippen LogP contribution in [0.15, 0.2) is 36.4 Å². The first-order valence-corrected chi connectivity index (χ1v) is 13.3. The lowest BCUT2D eigenvalue weighted by Gasteiger charge is -2.34. The van der Waals surface area contributed by atoms with Gasteiger partial charge in [-0.3, -0.25) is 14.4 Å². The van der Waals surface area contributed by atoms with E-state index in [1.807, 2.05) is 6.92 Å². The van der Waals surface area contributed by atoms with Crippen LogP contribution in [0.25, 0.3) is 0 Å². The molecule has 2 aromatic rings. The number of fused-ring (bicyclic) bond motifs is 1. The van der Waals surface area contributed by atoms with Crippen LogP contribution in [0.1, 0.15) is 39.9 Å². The van der Waals surface area contributed by atoms with Gasteiger partial charge in [-0.05, 0) is 48.2 Å². The molecule has 2 aliphatic heterocycles. The lowest BCUT2D eigenvalue weighted by atomic mass is 10.0. The Morgan fingerprint density at radius 2 is 1.88 bits per heavy atom. The summed E-state index contributed by atoms with van der Waals surface area (Å²) in [6.07, 6.45) is -0.608. The number of anilines is 1. The van der Waals surface area contributed by atoms with Crippen molar-refractivity contribution in [1.29, 1.82) is 0 Å². The molecule has 0 aliphatic carbocycles. The Hall–Kier alpha value is -4.20. The molecule has 4 rings (SSSR count). The van der Waals surface area contributed by atoms with Gasteiger partial charge < -0.3 is 30.4 Å². The quantitative estimate of drug-likeness (QED) is 0.187. The highest BCUT2D eigenvalue weighted by atomic mass is 35.5. The Morgan fingerprint density at radius 3 is 2.63 bits per heavy atom. The number of aryl methyl sites for hydroxylation is 1. The molecule has 1 atom stereocenters. The summed E-state index contributed by atoms with van der Waals surface area (Å²) < 4.78 is 5.03. The van der Waals surface area contributed by atoms with Gasteiger partial charge in [0.1, 0.15) is 6.04 Å². The van der Waals surface area contributed by atoms with Crippen LogP contribution in [0.5, 0.6) is 0 Å². The number of rotatable bonds is 10. The van der Waals surface area contributed by atoms with Gasteiger partial charge in [-0.25, -0.2) is 20.0 Å². The van der Waals surface area contributed by atoms with Crippen LogP contribution in [0.3, 0.4) is 0 Å². The van der Waals surface area contributed by atoms with E-state index in [1.165, 1.54) is 12.0 Å². The SMILES string of the molecule is CONCCNC(=O)OCN1C(=O)CCC(N2Cc3cc(CNC(=O)Nc4ccc(C)c(Cl)c4)ccc3C2=O)C1=O. The average Bonchev–Trinajstić information content (AvgIpc) is 3.27. The van der Waals surface area contributed by atoms with Gasteiger partial charge in [0.25, 0.3) is 11.8 Å². The zero-order chi connectivity index (χ0) is 29.5. The molecule has 1 saturated heterocycles. The Kier molecular flexibility index (Phi) is 9.76. The molecule has 1 fully saturated rings. The van der Waals surface area contributed by atoms with Crippen molar-refractivity contribution in [3.8, 4) is 0 Å². The lowest BCUT2D eigenvalue weighted by Crippen LogP contribution is -2.55. The number of carbonyl (C=O) groups excluding carboxylic acids is 5. The van der Waals surface area contributed by atoms with Gasteiger partial charge in [0.05, 0.1) is 7.11 Å². The fourth-order valence-electron chi connectivity index (χ4n) is 4.52. The molecule has 0 radical (unpaired) electrons. The van der Waals surface area contributed by atoms with Gasteiger partial charge in [0.15, 0.2) is 6.73 Å². The highest BCUT2D eigenvalue weighted by Crippen LogP contribution is 2.30. The van der Waals surface area contributed by atoms with Crippen LogP contribution in [-0.4, -0.2) is 72.6 Å². The fraction of sp³-hybridized carbons (Fsp3) is 0.370. The number of hydrogen-bond acceptors (Lipinski definition) is 8. The van der Waals surface area contributed by atoms with E-state index < -0.39 is 36.7 Å². The maximum Gasteiger partial charge on any atom is 0.408 e. The van der Waals surface area contributed by atoms with Gasteiger partial charge in [-0.2, -0.15) is 0 Å². The Morgan fingerprint density at radius 1 is 1.07 bits per heavy atom. The van der Waals surface area contributed by atoms with Crippen molar-refractivity contribution in [2.24, 2.45) is 0 Å². The third-order valence-corrected chi connectivity index (χ3v) is 7.12. The number of hydroxylamine groups is 1. The van der Waals surface area contributed by atoms with Crippen LogP contribution >= 0.6 is 11.6 Å². The monoisotopic (exact) mass is 586 g/mol. The molecule has 1 unspecified atom stereocenters. The molecule has 4 N–H and O–H groups in total. The number of nitrogens with one attached hydrogen (secondary N) is 4. The highest BCUT2D eigenvalue weighted by Gasteiger charge is 2.43. The van der Waals surface area contributed by atoms with Crippen molar-refractivity contribution in [1.82, 2.24) is 25.9 Å².